The molecule has 1 heterocycles. The van der Waals surface area contributed by atoms with Crippen molar-refractivity contribution >= 4 is 5.97 Å². The maximum Gasteiger partial charge on any atom is 0.344 e. The summed E-state index contributed by atoms with van der Waals surface area (Å²) >= 11 is 0. The lowest BCUT2D eigenvalue weighted by Gasteiger charge is -2.39. The van der Waals surface area contributed by atoms with Gasteiger partial charge in [0.1, 0.15) is 30.0 Å². The first-order valence-corrected chi connectivity index (χ1v) is 6.53. The van der Waals surface area contributed by atoms with Crippen LogP contribution in [0.3, 0.4) is 0 Å². The van der Waals surface area contributed by atoms with E-state index in [1.807, 2.05) is 0 Å². The number of benzene rings is 1. The molecule has 0 unspecified atom stereocenters. The van der Waals surface area contributed by atoms with Gasteiger partial charge < -0.3 is 45.2 Å². The SMILES string of the molecule is O=C(O[C@@H]1O[C@@H](CO)[C@@H](O)[C@H](O)[C@H]1O)c1ccc(O)c(O)c1O. The largest absolute Gasteiger partial charge is 0.504 e. The van der Waals surface area contributed by atoms with E-state index in [2.05, 4.69) is 0 Å². The van der Waals surface area contributed by atoms with Crippen molar-refractivity contribution in [2.45, 2.75) is 30.7 Å². The van der Waals surface area contributed by atoms with Gasteiger partial charge in [0.25, 0.3) is 0 Å². The number of aliphatic hydroxyl groups is 4. The molecule has 23 heavy (non-hydrogen) atoms. The van der Waals surface area contributed by atoms with E-state index < -0.39 is 66.1 Å². The summed E-state index contributed by atoms with van der Waals surface area (Å²) in [6, 6.07) is 1.88. The van der Waals surface area contributed by atoms with Crippen LogP contribution in [0.1, 0.15) is 10.4 Å². The van der Waals surface area contributed by atoms with Gasteiger partial charge in [-0.1, -0.05) is 0 Å². The smallest absolute Gasteiger partial charge is 0.344 e. The zero-order chi connectivity index (χ0) is 17.3. The molecule has 2 rings (SSSR count). The van der Waals surface area contributed by atoms with Crippen molar-refractivity contribution in [3.05, 3.63) is 17.7 Å². The Balaban J connectivity index is 2.18. The highest BCUT2D eigenvalue weighted by Crippen LogP contribution is 2.37. The molecule has 0 bridgehead atoms. The van der Waals surface area contributed by atoms with Crippen LogP contribution in [0.2, 0.25) is 0 Å². The molecular formula is C13H16O10. The number of aromatic hydroxyl groups is 3. The zero-order valence-corrected chi connectivity index (χ0v) is 11.6. The second kappa shape index (κ2) is 6.56. The molecule has 7 N–H and O–H groups in total. The lowest BCUT2D eigenvalue weighted by molar-refractivity contribution is -0.285. The molecule has 0 spiro atoms. The molecule has 1 aromatic carbocycles. The molecule has 0 saturated carbocycles. The van der Waals surface area contributed by atoms with E-state index >= 15 is 0 Å². The van der Waals surface area contributed by atoms with Gasteiger partial charge in [-0.15, -0.1) is 0 Å². The topological polar surface area (TPSA) is 177 Å². The summed E-state index contributed by atoms with van der Waals surface area (Å²) in [5.74, 6) is -3.78. The van der Waals surface area contributed by atoms with Gasteiger partial charge in [-0.25, -0.2) is 4.79 Å². The molecule has 0 radical (unpaired) electrons. The third-order valence-corrected chi connectivity index (χ3v) is 3.42. The van der Waals surface area contributed by atoms with Crippen LogP contribution in [0.25, 0.3) is 0 Å². The Hall–Kier alpha value is -2.11. The highest BCUT2D eigenvalue weighted by molar-refractivity contribution is 5.94. The van der Waals surface area contributed by atoms with Crippen LogP contribution >= 0.6 is 0 Å². The van der Waals surface area contributed by atoms with Crippen molar-refractivity contribution < 1.29 is 50.0 Å². The molecule has 128 valence electrons. The number of esters is 1. The molecule has 1 aliphatic heterocycles. The first kappa shape index (κ1) is 17.2. The molecule has 10 heteroatoms. The quantitative estimate of drug-likeness (QED) is 0.236. The third kappa shape index (κ3) is 3.16. The molecule has 1 saturated heterocycles. The molecule has 5 atom stereocenters. The second-order valence-corrected chi connectivity index (χ2v) is 4.93. The Labute approximate surface area is 129 Å². The van der Waals surface area contributed by atoms with Crippen LogP contribution in [-0.2, 0) is 9.47 Å². The summed E-state index contributed by atoms with van der Waals surface area (Å²) < 4.78 is 9.74. The molecule has 1 aliphatic rings. The van der Waals surface area contributed by atoms with E-state index in [0.29, 0.717) is 0 Å². The maximum absolute atomic E-state index is 12.0. The summed E-state index contributed by atoms with van der Waals surface area (Å²) in [4.78, 5) is 12.0. The van der Waals surface area contributed by atoms with E-state index in [0.717, 1.165) is 12.1 Å². The van der Waals surface area contributed by atoms with Crippen LogP contribution in [0.5, 0.6) is 17.2 Å². The lowest BCUT2D eigenvalue weighted by Crippen LogP contribution is -2.59. The minimum absolute atomic E-state index is 0.530. The van der Waals surface area contributed by atoms with Crippen molar-refractivity contribution in [1.29, 1.82) is 0 Å². The van der Waals surface area contributed by atoms with Crippen LogP contribution in [0.15, 0.2) is 12.1 Å². The molecular weight excluding hydrogens is 316 g/mol. The monoisotopic (exact) mass is 332 g/mol. The van der Waals surface area contributed by atoms with Crippen molar-refractivity contribution in [3.63, 3.8) is 0 Å². The standard InChI is InChI=1S/C13H16O10/c14-3-6-9(18)10(19)11(20)13(22-6)23-12(21)4-1-2-5(15)8(17)7(4)16/h1-2,6,9-11,13-20H,3H2/t6-,9+,10-,11+,13-/m0/s1. The summed E-state index contributed by atoms with van der Waals surface area (Å²) in [5, 5.41) is 66.1. The fraction of sp³-hybridized carbons (Fsp3) is 0.462. The average molecular weight is 332 g/mol. The summed E-state index contributed by atoms with van der Waals surface area (Å²) in [5.41, 5.74) is -0.530. The molecule has 0 aromatic heterocycles. The van der Waals surface area contributed by atoms with Crippen molar-refractivity contribution in [1.82, 2.24) is 0 Å². The summed E-state index contributed by atoms with van der Waals surface area (Å²) in [6.45, 7) is -0.704. The Kier molecular flexibility index (Phi) is 4.92. The number of carbonyl (C=O) groups is 1. The number of rotatable bonds is 3. The van der Waals surface area contributed by atoms with Gasteiger partial charge in [-0.2, -0.15) is 0 Å². The minimum atomic E-state index is -1.80. The first-order valence-electron chi connectivity index (χ1n) is 6.53. The van der Waals surface area contributed by atoms with E-state index in [-0.39, 0.29) is 0 Å². The molecule has 0 aliphatic carbocycles. The van der Waals surface area contributed by atoms with Crippen LogP contribution in [0.4, 0.5) is 0 Å². The van der Waals surface area contributed by atoms with Gasteiger partial charge in [0.05, 0.1) is 6.61 Å². The number of carbonyl (C=O) groups excluding carboxylic acids is 1. The van der Waals surface area contributed by atoms with E-state index in [1.165, 1.54) is 0 Å². The average Bonchev–Trinajstić information content (AvgIpc) is 2.53. The van der Waals surface area contributed by atoms with Gasteiger partial charge in [0, 0.05) is 0 Å². The van der Waals surface area contributed by atoms with Gasteiger partial charge in [-0.3, -0.25) is 0 Å². The normalized spacial score (nSPS) is 30.9. The number of hydrogen-bond acceptors (Lipinski definition) is 10. The van der Waals surface area contributed by atoms with E-state index in [4.69, 9.17) is 14.6 Å². The molecule has 0 amide bonds. The summed E-state index contributed by atoms with van der Waals surface area (Å²) in [7, 11) is 0. The van der Waals surface area contributed by atoms with Gasteiger partial charge in [0.2, 0.25) is 12.0 Å². The lowest BCUT2D eigenvalue weighted by atomic mass is 9.99. The summed E-state index contributed by atoms with van der Waals surface area (Å²) in [6.07, 6.45) is -8.15. The van der Waals surface area contributed by atoms with Gasteiger partial charge in [0.15, 0.2) is 11.5 Å². The Morgan fingerprint density at radius 2 is 1.70 bits per heavy atom. The predicted molar refractivity (Wildman–Crippen MR) is 70.6 cm³/mol. The van der Waals surface area contributed by atoms with E-state index in [1.54, 1.807) is 0 Å². The fourth-order valence-corrected chi connectivity index (χ4v) is 2.07. The first-order chi connectivity index (χ1) is 10.8. The molecule has 1 aromatic rings. The fourth-order valence-electron chi connectivity index (χ4n) is 2.07. The third-order valence-electron chi connectivity index (χ3n) is 3.42. The highest BCUT2D eigenvalue weighted by atomic mass is 16.7. The van der Waals surface area contributed by atoms with Crippen LogP contribution in [-0.4, -0.2) is 79.0 Å². The predicted octanol–water partition coefficient (Wildman–Crippen LogP) is -2.24. The molecule has 10 nitrogen and oxygen atoms in total. The highest BCUT2D eigenvalue weighted by Gasteiger charge is 2.45. The number of ether oxygens (including phenoxy) is 2. The van der Waals surface area contributed by atoms with Crippen LogP contribution < -0.4 is 0 Å². The number of phenols is 3. The number of hydrogen-bond donors (Lipinski definition) is 7. The molecule has 1 fully saturated rings. The second-order valence-electron chi connectivity index (χ2n) is 4.93. The number of aliphatic hydroxyl groups excluding tert-OH is 4. The van der Waals surface area contributed by atoms with Crippen molar-refractivity contribution in [2.75, 3.05) is 6.61 Å². The Bertz CT molecular complexity index is 586. The van der Waals surface area contributed by atoms with Crippen LogP contribution in [0, 0.1) is 0 Å². The Morgan fingerprint density at radius 1 is 1.04 bits per heavy atom. The van der Waals surface area contributed by atoms with Gasteiger partial charge >= 0.3 is 5.97 Å². The maximum atomic E-state index is 12.0. The van der Waals surface area contributed by atoms with Gasteiger partial charge in [-0.05, 0) is 12.1 Å². The van der Waals surface area contributed by atoms with Crippen molar-refractivity contribution in [2.24, 2.45) is 0 Å². The minimum Gasteiger partial charge on any atom is -0.504 e. The Morgan fingerprint density at radius 3 is 2.30 bits per heavy atom. The van der Waals surface area contributed by atoms with Crippen molar-refractivity contribution in [3.8, 4) is 17.2 Å². The number of phenolic OH excluding ortho intramolecular Hbond substituents is 3. The van der Waals surface area contributed by atoms with E-state index in [9.17, 15) is 35.4 Å². The zero-order valence-electron chi connectivity index (χ0n) is 11.6.